The van der Waals surface area contributed by atoms with Gasteiger partial charge in [0.2, 0.25) is 0 Å². The van der Waals surface area contributed by atoms with Crippen molar-refractivity contribution in [3.05, 3.63) is 45.9 Å². The van der Waals surface area contributed by atoms with Gasteiger partial charge in [0.25, 0.3) is 5.91 Å². The number of amides is 1. The molecule has 1 amide bonds. The number of carbonyl (C=O) groups is 1. The Morgan fingerprint density at radius 1 is 0.885 bits per heavy atom. The second kappa shape index (κ2) is 9.33. The molecule has 0 radical (unpaired) electrons. The number of rotatable bonds is 8. The zero-order chi connectivity index (χ0) is 19.1. The number of carbonyl (C=O) groups excluding carboxylic acids is 1. The van der Waals surface area contributed by atoms with Crippen molar-refractivity contribution >= 4 is 21.8 Å². The van der Waals surface area contributed by atoms with Gasteiger partial charge in [-0.2, -0.15) is 0 Å². The Bertz CT molecular complexity index is 779. The minimum absolute atomic E-state index is 0.178. The van der Waals surface area contributed by atoms with Crippen LogP contribution in [0, 0.1) is 0 Å². The average molecular weight is 424 g/mol. The smallest absolute Gasteiger partial charge is 0.251 e. The third kappa shape index (κ3) is 4.60. The van der Waals surface area contributed by atoms with Gasteiger partial charge in [-0.05, 0) is 42.3 Å². The maximum atomic E-state index is 12.3. The molecule has 26 heavy (non-hydrogen) atoms. The van der Waals surface area contributed by atoms with Gasteiger partial charge < -0.3 is 24.3 Å². The van der Waals surface area contributed by atoms with E-state index in [1.165, 1.54) is 7.11 Å². The van der Waals surface area contributed by atoms with Crippen LogP contribution in [0.25, 0.3) is 0 Å². The second-order valence-corrected chi connectivity index (χ2v) is 6.23. The summed E-state index contributed by atoms with van der Waals surface area (Å²) in [4.78, 5) is 12.3. The van der Waals surface area contributed by atoms with Crippen LogP contribution in [0.2, 0.25) is 0 Å². The van der Waals surface area contributed by atoms with Gasteiger partial charge in [-0.3, -0.25) is 4.79 Å². The number of methoxy groups -OCH3 is 4. The lowest BCUT2D eigenvalue weighted by molar-refractivity contribution is 0.0953. The second-order valence-electron chi connectivity index (χ2n) is 5.37. The van der Waals surface area contributed by atoms with E-state index in [1.807, 2.05) is 12.1 Å². The van der Waals surface area contributed by atoms with Crippen molar-refractivity contribution in [2.24, 2.45) is 0 Å². The minimum atomic E-state index is -0.178. The van der Waals surface area contributed by atoms with Crippen LogP contribution < -0.4 is 24.3 Å². The fourth-order valence-electron chi connectivity index (χ4n) is 2.48. The van der Waals surface area contributed by atoms with E-state index >= 15 is 0 Å². The molecule has 0 aromatic heterocycles. The van der Waals surface area contributed by atoms with Gasteiger partial charge in [0.05, 0.1) is 28.4 Å². The maximum absolute atomic E-state index is 12.3. The van der Waals surface area contributed by atoms with Crippen LogP contribution in [0.4, 0.5) is 0 Å². The van der Waals surface area contributed by atoms with Crippen molar-refractivity contribution in [2.45, 2.75) is 6.42 Å². The summed E-state index contributed by atoms with van der Waals surface area (Å²) in [5, 5.41) is 2.90. The number of nitrogens with one attached hydrogen (secondary N) is 1. The van der Waals surface area contributed by atoms with Gasteiger partial charge in [0.1, 0.15) is 0 Å². The molecule has 0 saturated heterocycles. The molecule has 6 nitrogen and oxygen atoms in total. The van der Waals surface area contributed by atoms with Crippen LogP contribution in [0.1, 0.15) is 15.9 Å². The Morgan fingerprint density at radius 3 is 2.08 bits per heavy atom. The Hall–Kier alpha value is -2.41. The zero-order valence-electron chi connectivity index (χ0n) is 15.2. The van der Waals surface area contributed by atoms with Crippen LogP contribution in [-0.4, -0.2) is 40.9 Å². The molecule has 7 heteroatoms. The highest BCUT2D eigenvalue weighted by Gasteiger charge is 2.12. The molecule has 0 atom stereocenters. The van der Waals surface area contributed by atoms with E-state index in [9.17, 15) is 4.79 Å². The summed E-state index contributed by atoms with van der Waals surface area (Å²) in [5.74, 6) is 2.22. The highest BCUT2D eigenvalue weighted by atomic mass is 79.9. The summed E-state index contributed by atoms with van der Waals surface area (Å²) in [6, 6.07) is 8.80. The van der Waals surface area contributed by atoms with Gasteiger partial charge >= 0.3 is 0 Å². The summed E-state index contributed by atoms with van der Waals surface area (Å²) in [6.07, 6.45) is 0.639. The highest BCUT2D eigenvalue weighted by Crippen LogP contribution is 2.33. The molecule has 0 aliphatic heterocycles. The summed E-state index contributed by atoms with van der Waals surface area (Å²) in [7, 11) is 6.27. The fourth-order valence-corrected chi connectivity index (χ4v) is 3.00. The van der Waals surface area contributed by atoms with Crippen LogP contribution in [0.5, 0.6) is 23.0 Å². The van der Waals surface area contributed by atoms with E-state index < -0.39 is 0 Å². The first-order valence-corrected chi connectivity index (χ1v) is 8.74. The van der Waals surface area contributed by atoms with Crippen LogP contribution in [0.3, 0.4) is 0 Å². The minimum Gasteiger partial charge on any atom is -0.493 e. The number of benzene rings is 2. The third-order valence-corrected chi connectivity index (χ3v) is 4.62. The molecule has 0 fully saturated rings. The molecular weight excluding hydrogens is 402 g/mol. The van der Waals surface area contributed by atoms with Crippen molar-refractivity contribution in [2.75, 3.05) is 35.0 Å². The molecule has 0 heterocycles. The van der Waals surface area contributed by atoms with Gasteiger partial charge in [-0.15, -0.1) is 0 Å². The van der Waals surface area contributed by atoms with Crippen LogP contribution >= 0.6 is 15.9 Å². The van der Waals surface area contributed by atoms with Crippen LogP contribution in [0.15, 0.2) is 34.8 Å². The first kappa shape index (κ1) is 19.9. The Kier molecular flexibility index (Phi) is 7.15. The molecule has 0 bridgehead atoms. The topological polar surface area (TPSA) is 66.0 Å². The average Bonchev–Trinajstić information content (AvgIpc) is 2.67. The standard InChI is InChI=1S/C19H22BrNO5/c1-23-15-6-5-13(10-16(15)24-2)19(22)21-8-7-12-9-17(25-3)18(26-4)11-14(12)20/h5-6,9-11H,7-8H2,1-4H3,(H,21,22). The molecular formula is C19H22BrNO5. The number of hydrogen-bond acceptors (Lipinski definition) is 5. The molecule has 2 aromatic rings. The largest absolute Gasteiger partial charge is 0.493 e. The molecule has 0 aliphatic rings. The monoisotopic (exact) mass is 423 g/mol. The van der Waals surface area contributed by atoms with E-state index in [4.69, 9.17) is 18.9 Å². The van der Waals surface area contributed by atoms with Gasteiger partial charge in [-0.1, -0.05) is 15.9 Å². The summed E-state index contributed by atoms with van der Waals surface area (Å²) in [5.41, 5.74) is 1.52. The summed E-state index contributed by atoms with van der Waals surface area (Å²) in [6.45, 7) is 0.473. The summed E-state index contributed by atoms with van der Waals surface area (Å²) >= 11 is 3.52. The van der Waals surface area contributed by atoms with E-state index in [2.05, 4.69) is 21.2 Å². The summed E-state index contributed by atoms with van der Waals surface area (Å²) < 4.78 is 21.9. The van der Waals surface area contributed by atoms with E-state index in [-0.39, 0.29) is 5.91 Å². The SMILES string of the molecule is COc1ccc(C(=O)NCCc2cc(OC)c(OC)cc2Br)cc1OC. The predicted octanol–water partition coefficient (Wildman–Crippen LogP) is 3.46. The first-order valence-electron chi connectivity index (χ1n) is 7.94. The molecule has 0 saturated carbocycles. The van der Waals surface area contributed by atoms with Crippen molar-refractivity contribution in [3.8, 4) is 23.0 Å². The van der Waals surface area contributed by atoms with Crippen LogP contribution in [-0.2, 0) is 6.42 Å². The fraction of sp³-hybridized carbons (Fsp3) is 0.316. The zero-order valence-corrected chi connectivity index (χ0v) is 16.8. The quantitative estimate of drug-likeness (QED) is 0.703. The predicted molar refractivity (Wildman–Crippen MR) is 103 cm³/mol. The lowest BCUT2D eigenvalue weighted by Gasteiger charge is -2.13. The Balaban J connectivity index is 2.02. The number of ether oxygens (including phenoxy) is 4. The molecule has 2 aromatic carbocycles. The maximum Gasteiger partial charge on any atom is 0.251 e. The van der Waals surface area contributed by atoms with Gasteiger partial charge in [0.15, 0.2) is 23.0 Å². The molecule has 0 unspecified atom stereocenters. The van der Waals surface area contributed by atoms with Gasteiger partial charge in [-0.25, -0.2) is 0 Å². The van der Waals surface area contributed by atoms with E-state index in [1.54, 1.807) is 39.5 Å². The van der Waals surface area contributed by atoms with Gasteiger partial charge in [0, 0.05) is 16.6 Å². The normalized spacial score (nSPS) is 10.2. The third-order valence-electron chi connectivity index (χ3n) is 3.88. The lowest BCUT2D eigenvalue weighted by atomic mass is 10.1. The Labute approximate surface area is 161 Å². The molecule has 1 N–H and O–H groups in total. The van der Waals surface area contributed by atoms with Crippen molar-refractivity contribution in [1.29, 1.82) is 0 Å². The van der Waals surface area contributed by atoms with Crippen molar-refractivity contribution in [3.63, 3.8) is 0 Å². The molecule has 2 rings (SSSR count). The molecule has 140 valence electrons. The van der Waals surface area contributed by atoms with E-state index in [0.29, 0.717) is 41.5 Å². The molecule has 0 aliphatic carbocycles. The number of halogens is 1. The van der Waals surface area contributed by atoms with Crippen molar-refractivity contribution in [1.82, 2.24) is 5.32 Å². The first-order chi connectivity index (χ1) is 12.5. The lowest BCUT2D eigenvalue weighted by Crippen LogP contribution is -2.25. The van der Waals surface area contributed by atoms with E-state index in [0.717, 1.165) is 10.0 Å². The highest BCUT2D eigenvalue weighted by molar-refractivity contribution is 9.10. The Morgan fingerprint density at radius 2 is 1.46 bits per heavy atom. The molecule has 0 spiro atoms. The number of hydrogen-bond donors (Lipinski definition) is 1. The van der Waals surface area contributed by atoms with Crippen molar-refractivity contribution < 1.29 is 23.7 Å².